The van der Waals surface area contributed by atoms with Crippen molar-refractivity contribution in [3.05, 3.63) is 120 Å². The summed E-state index contributed by atoms with van der Waals surface area (Å²) in [5.41, 5.74) is 9.11. The molecule has 0 unspecified atom stereocenters. The quantitative estimate of drug-likeness (QED) is 0.246. The molecule has 37 heavy (non-hydrogen) atoms. The summed E-state index contributed by atoms with van der Waals surface area (Å²) in [6.07, 6.45) is 2.56. The molecule has 0 amide bonds. The number of fused-ring (bicyclic) bond motifs is 7. The normalized spacial score (nSPS) is 13.7. The molecule has 1 aliphatic carbocycles. The maximum Gasteiger partial charge on any atom is 0.163 e. The summed E-state index contributed by atoms with van der Waals surface area (Å²) in [5, 5.41) is 4.99. The van der Waals surface area contributed by atoms with Gasteiger partial charge in [0.2, 0.25) is 0 Å². The average Bonchev–Trinajstić information content (AvgIpc) is 3.46. The van der Waals surface area contributed by atoms with Gasteiger partial charge in [-0.1, -0.05) is 54.6 Å². The minimum Gasteiger partial charge on any atom is -0.309 e. The van der Waals surface area contributed by atoms with Gasteiger partial charge in [-0.3, -0.25) is 4.79 Å². The first-order valence-electron chi connectivity index (χ1n) is 13.0. The Balaban J connectivity index is 1.41. The Hall–Kier alpha value is -4.63. The zero-order valence-corrected chi connectivity index (χ0v) is 20.3. The zero-order chi connectivity index (χ0) is 24.5. The van der Waals surface area contributed by atoms with Crippen LogP contribution < -0.4 is 0 Å². The fourth-order valence-electron chi connectivity index (χ4n) is 6.35. The Morgan fingerprint density at radius 1 is 0.486 bits per heavy atom. The predicted octanol–water partition coefficient (Wildman–Crippen LogP) is 8.40. The van der Waals surface area contributed by atoms with Crippen molar-refractivity contribution < 1.29 is 4.79 Å². The van der Waals surface area contributed by atoms with Gasteiger partial charge in [0.1, 0.15) is 0 Å². The van der Waals surface area contributed by atoms with Gasteiger partial charge in [0.05, 0.1) is 22.1 Å². The molecule has 0 spiro atoms. The van der Waals surface area contributed by atoms with E-state index in [9.17, 15) is 4.79 Å². The minimum atomic E-state index is 0.269. The Bertz CT molecular complexity index is 1990. The maximum absolute atomic E-state index is 12.4. The molecule has 2 heterocycles. The molecule has 0 saturated heterocycles. The first kappa shape index (κ1) is 20.6. The van der Waals surface area contributed by atoms with Gasteiger partial charge in [0.15, 0.2) is 5.78 Å². The third kappa shape index (κ3) is 2.91. The van der Waals surface area contributed by atoms with E-state index in [4.69, 9.17) is 0 Å². The molecule has 8 rings (SSSR count). The van der Waals surface area contributed by atoms with Gasteiger partial charge in [-0.25, -0.2) is 0 Å². The Morgan fingerprint density at radius 2 is 1.00 bits per heavy atom. The van der Waals surface area contributed by atoms with E-state index in [2.05, 4.69) is 112 Å². The number of aryl methyl sites for hydroxylation is 1. The van der Waals surface area contributed by atoms with Gasteiger partial charge in [-0.05, 0) is 73.0 Å². The number of ketones is 1. The van der Waals surface area contributed by atoms with E-state index in [0.29, 0.717) is 6.42 Å². The number of para-hydroxylation sites is 3. The number of nitrogens with zero attached hydrogens (tertiary/aromatic N) is 2. The molecular formula is C34H24N2O. The highest BCUT2D eigenvalue weighted by Crippen LogP contribution is 2.37. The van der Waals surface area contributed by atoms with Crippen LogP contribution in [0.15, 0.2) is 109 Å². The summed E-state index contributed by atoms with van der Waals surface area (Å²) in [4.78, 5) is 12.4. The molecule has 0 N–H and O–H groups in total. The number of carbonyl (C=O) groups is 1. The van der Waals surface area contributed by atoms with Crippen LogP contribution >= 0.6 is 0 Å². The monoisotopic (exact) mass is 476 g/mol. The standard InChI is InChI=1S/C34H24N2O/c37-34-15-7-8-22-20-23(16-18-25(22)34)35-32-14-6-3-11-28(32)29-21-24(17-19-33(29)35)36-30-12-4-1-9-26(30)27-10-2-5-13-31(27)36/h1-6,9-14,16-21H,7-8,15H2. The highest BCUT2D eigenvalue weighted by Gasteiger charge is 2.20. The second kappa shape index (κ2) is 7.68. The summed E-state index contributed by atoms with van der Waals surface area (Å²) >= 11 is 0. The van der Waals surface area contributed by atoms with E-state index in [-0.39, 0.29) is 5.78 Å². The van der Waals surface area contributed by atoms with E-state index < -0.39 is 0 Å². The fraction of sp³-hybridized carbons (Fsp3) is 0.0882. The highest BCUT2D eigenvalue weighted by atomic mass is 16.1. The van der Waals surface area contributed by atoms with Gasteiger partial charge in [0, 0.05) is 44.9 Å². The topological polar surface area (TPSA) is 26.9 Å². The summed E-state index contributed by atoms with van der Waals surface area (Å²) in [6, 6.07) is 39.1. The van der Waals surface area contributed by atoms with Crippen molar-refractivity contribution in [2.24, 2.45) is 0 Å². The lowest BCUT2D eigenvalue weighted by Gasteiger charge is -2.17. The summed E-state index contributed by atoms with van der Waals surface area (Å²) < 4.78 is 4.72. The number of aromatic nitrogens is 2. The van der Waals surface area contributed by atoms with E-state index in [1.807, 2.05) is 6.07 Å². The smallest absolute Gasteiger partial charge is 0.163 e. The molecule has 3 nitrogen and oxygen atoms in total. The lowest BCUT2D eigenvalue weighted by atomic mass is 9.90. The van der Waals surface area contributed by atoms with Crippen molar-refractivity contribution in [3.63, 3.8) is 0 Å². The van der Waals surface area contributed by atoms with E-state index in [0.717, 1.165) is 29.8 Å². The lowest BCUT2D eigenvalue weighted by Crippen LogP contribution is -2.11. The van der Waals surface area contributed by atoms with Crippen molar-refractivity contribution in [3.8, 4) is 11.4 Å². The first-order valence-corrected chi connectivity index (χ1v) is 13.0. The molecule has 5 aromatic carbocycles. The predicted molar refractivity (Wildman–Crippen MR) is 152 cm³/mol. The molecule has 0 bridgehead atoms. The number of carbonyl (C=O) groups excluding carboxylic acids is 1. The summed E-state index contributed by atoms with van der Waals surface area (Å²) in [5.74, 6) is 0.269. The van der Waals surface area contributed by atoms with Crippen molar-refractivity contribution in [2.75, 3.05) is 0 Å². The number of Topliss-reactive ketones (excluding diaryl/α,β-unsaturated/α-hetero) is 1. The van der Waals surface area contributed by atoms with Crippen molar-refractivity contribution >= 4 is 49.4 Å². The second-order valence-corrected chi connectivity index (χ2v) is 10.0. The maximum atomic E-state index is 12.4. The van der Waals surface area contributed by atoms with Crippen LogP contribution in [0.4, 0.5) is 0 Å². The molecule has 176 valence electrons. The number of hydrogen-bond donors (Lipinski definition) is 0. The molecule has 7 aromatic rings. The SMILES string of the molecule is O=C1CCCc2cc(-n3c4ccccc4c4cc(-n5c6ccccc6c6ccccc65)ccc43)ccc21. The third-order valence-corrected chi connectivity index (χ3v) is 7.99. The summed E-state index contributed by atoms with van der Waals surface area (Å²) in [7, 11) is 0. The van der Waals surface area contributed by atoms with Crippen LogP contribution in [0.2, 0.25) is 0 Å². The number of benzene rings is 5. The first-order chi connectivity index (χ1) is 18.3. The zero-order valence-electron chi connectivity index (χ0n) is 20.3. The molecule has 0 fully saturated rings. The van der Waals surface area contributed by atoms with Gasteiger partial charge < -0.3 is 9.13 Å². The van der Waals surface area contributed by atoms with E-state index >= 15 is 0 Å². The lowest BCUT2D eigenvalue weighted by molar-refractivity contribution is 0.0972. The van der Waals surface area contributed by atoms with Crippen LogP contribution in [0.3, 0.4) is 0 Å². The number of hydrogen-bond acceptors (Lipinski definition) is 1. The Kier molecular flexibility index (Phi) is 4.27. The summed E-state index contributed by atoms with van der Waals surface area (Å²) in [6.45, 7) is 0. The Labute approximate surface area is 214 Å². The van der Waals surface area contributed by atoms with Crippen LogP contribution in [0.25, 0.3) is 55.0 Å². The van der Waals surface area contributed by atoms with Crippen molar-refractivity contribution in [1.29, 1.82) is 0 Å². The largest absolute Gasteiger partial charge is 0.309 e. The van der Waals surface area contributed by atoms with Crippen LogP contribution in [0.1, 0.15) is 28.8 Å². The van der Waals surface area contributed by atoms with E-state index in [1.165, 1.54) is 49.2 Å². The van der Waals surface area contributed by atoms with Crippen LogP contribution in [0.5, 0.6) is 0 Å². The van der Waals surface area contributed by atoms with Crippen molar-refractivity contribution in [2.45, 2.75) is 19.3 Å². The van der Waals surface area contributed by atoms with Crippen LogP contribution in [-0.2, 0) is 6.42 Å². The van der Waals surface area contributed by atoms with E-state index in [1.54, 1.807) is 0 Å². The molecular weight excluding hydrogens is 452 g/mol. The molecule has 1 aliphatic rings. The van der Waals surface area contributed by atoms with Gasteiger partial charge in [0.25, 0.3) is 0 Å². The average molecular weight is 477 g/mol. The third-order valence-electron chi connectivity index (χ3n) is 7.99. The van der Waals surface area contributed by atoms with Crippen molar-refractivity contribution in [1.82, 2.24) is 9.13 Å². The van der Waals surface area contributed by atoms with Crippen LogP contribution in [0, 0.1) is 0 Å². The molecule has 0 aliphatic heterocycles. The van der Waals surface area contributed by atoms with Crippen LogP contribution in [-0.4, -0.2) is 14.9 Å². The molecule has 0 radical (unpaired) electrons. The fourth-order valence-corrected chi connectivity index (χ4v) is 6.35. The molecule has 0 saturated carbocycles. The molecule has 2 aromatic heterocycles. The second-order valence-electron chi connectivity index (χ2n) is 10.0. The number of rotatable bonds is 2. The highest BCUT2D eigenvalue weighted by molar-refractivity contribution is 6.12. The minimum absolute atomic E-state index is 0.269. The Morgan fingerprint density at radius 3 is 1.65 bits per heavy atom. The van der Waals surface area contributed by atoms with Gasteiger partial charge in [-0.15, -0.1) is 0 Å². The molecule has 0 atom stereocenters. The van der Waals surface area contributed by atoms with Gasteiger partial charge in [-0.2, -0.15) is 0 Å². The van der Waals surface area contributed by atoms with Gasteiger partial charge >= 0.3 is 0 Å². The molecule has 3 heteroatoms.